The molecule has 0 spiro atoms. The predicted molar refractivity (Wildman–Crippen MR) is 101 cm³/mol. The van der Waals surface area contributed by atoms with Gasteiger partial charge in [-0.15, -0.1) is 0 Å². The summed E-state index contributed by atoms with van der Waals surface area (Å²) < 4.78 is 0. The maximum Gasteiger partial charge on any atom is 0.315 e. The van der Waals surface area contributed by atoms with E-state index in [1.165, 1.54) is 5.56 Å². The number of benzene rings is 2. The molecule has 0 bridgehead atoms. The Morgan fingerprint density at radius 2 is 1.64 bits per heavy atom. The molecule has 0 aliphatic carbocycles. The molecule has 0 aromatic heterocycles. The molecule has 3 rings (SSSR count). The molecule has 2 amide bonds. The average Bonchev–Trinajstić information content (AvgIpc) is 2.65. The Bertz CT molecular complexity index is 651. The third-order valence-electron chi connectivity index (χ3n) is 4.82. The zero-order chi connectivity index (χ0) is 17.5. The molecule has 1 aliphatic heterocycles. The number of nitrogens with zero attached hydrogens (tertiary/aromatic N) is 1. The Morgan fingerprint density at radius 1 is 1.04 bits per heavy atom. The van der Waals surface area contributed by atoms with Crippen molar-refractivity contribution in [1.29, 1.82) is 0 Å². The lowest BCUT2D eigenvalue weighted by Gasteiger charge is -2.32. The van der Waals surface area contributed by atoms with Crippen molar-refractivity contribution < 1.29 is 4.79 Å². The van der Waals surface area contributed by atoms with Crippen LogP contribution < -0.4 is 10.6 Å². The van der Waals surface area contributed by atoms with Crippen molar-refractivity contribution in [1.82, 2.24) is 15.5 Å². The molecular weight excluding hydrogens is 310 g/mol. The van der Waals surface area contributed by atoms with Crippen molar-refractivity contribution in [3.63, 3.8) is 0 Å². The van der Waals surface area contributed by atoms with E-state index in [2.05, 4.69) is 45.9 Å². The van der Waals surface area contributed by atoms with E-state index in [9.17, 15) is 4.79 Å². The molecule has 1 saturated heterocycles. The quantitative estimate of drug-likeness (QED) is 0.873. The second-order valence-corrected chi connectivity index (χ2v) is 6.79. The van der Waals surface area contributed by atoms with Gasteiger partial charge in [0.05, 0.1) is 6.04 Å². The minimum absolute atomic E-state index is 0.0133. The first kappa shape index (κ1) is 17.5. The Morgan fingerprint density at radius 3 is 2.28 bits per heavy atom. The maximum absolute atomic E-state index is 12.2. The fourth-order valence-corrected chi connectivity index (χ4v) is 3.33. The summed E-state index contributed by atoms with van der Waals surface area (Å²) in [6.45, 7) is 5.05. The lowest BCUT2D eigenvalue weighted by atomic mass is 10.0. The van der Waals surface area contributed by atoms with E-state index >= 15 is 0 Å². The molecule has 1 unspecified atom stereocenters. The molecule has 132 valence electrons. The van der Waals surface area contributed by atoms with Crippen molar-refractivity contribution in [2.24, 2.45) is 0 Å². The van der Waals surface area contributed by atoms with Gasteiger partial charge in [0, 0.05) is 25.7 Å². The van der Waals surface area contributed by atoms with Gasteiger partial charge in [-0.3, -0.25) is 4.90 Å². The minimum atomic E-state index is -0.0714. The van der Waals surface area contributed by atoms with Crippen LogP contribution in [0.3, 0.4) is 0 Å². The lowest BCUT2D eigenvalue weighted by Crippen LogP contribution is -2.48. The summed E-state index contributed by atoms with van der Waals surface area (Å²) in [5.74, 6) is 0. The summed E-state index contributed by atoms with van der Waals surface area (Å²) in [4.78, 5) is 14.7. The van der Waals surface area contributed by atoms with Gasteiger partial charge in [0.15, 0.2) is 0 Å². The first-order chi connectivity index (χ1) is 12.2. The van der Waals surface area contributed by atoms with Crippen molar-refractivity contribution in [3.8, 4) is 0 Å². The van der Waals surface area contributed by atoms with Crippen molar-refractivity contribution >= 4 is 6.03 Å². The molecule has 0 radical (unpaired) electrons. The number of likely N-dealkylation sites (tertiary alicyclic amines) is 1. The molecule has 2 aromatic rings. The van der Waals surface area contributed by atoms with Crippen molar-refractivity contribution in [2.75, 3.05) is 13.1 Å². The highest BCUT2D eigenvalue weighted by Crippen LogP contribution is 2.15. The highest BCUT2D eigenvalue weighted by Gasteiger charge is 2.21. The number of hydrogen-bond donors (Lipinski definition) is 2. The van der Waals surface area contributed by atoms with Crippen LogP contribution in [0.25, 0.3) is 0 Å². The third kappa shape index (κ3) is 5.33. The minimum Gasteiger partial charge on any atom is -0.335 e. The summed E-state index contributed by atoms with van der Waals surface area (Å²) in [5, 5.41) is 6.16. The van der Waals surface area contributed by atoms with E-state index in [-0.39, 0.29) is 18.1 Å². The summed E-state index contributed by atoms with van der Waals surface area (Å²) >= 11 is 0. The Hall–Kier alpha value is -2.33. The number of rotatable bonds is 5. The lowest BCUT2D eigenvalue weighted by molar-refractivity contribution is 0.186. The second-order valence-electron chi connectivity index (χ2n) is 6.79. The van der Waals surface area contributed by atoms with Gasteiger partial charge in [-0.1, -0.05) is 60.7 Å². The molecule has 1 atom stereocenters. The van der Waals surface area contributed by atoms with Gasteiger partial charge in [-0.05, 0) is 30.9 Å². The Labute approximate surface area is 150 Å². The van der Waals surface area contributed by atoms with E-state index in [1.807, 2.05) is 37.3 Å². The fraction of sp³-hybridized carbons (Fsp3) is 0.381. The van der Waals surface area contributed by atoms with Crippen molar-refractivity contribution in [3.05, 3.63) is 71.8 Å². The van der Waals surface area contributed by atoms with Crippen LogP contribution >= 0.6 is 0 Å². The SMILES string of the molecule is CC(NC(=O)NC1CCN(Cc2ccccc2)CC1)c1ccccc1. The third-order valence-corrected chi connectivity index (χ3v) is 4.82. The molecule has 1 fully saturated rings. The molecule has 4 nitrogen and oxygen atoms in total. The van der Waals surface area contributed by atoms with E-state index in [1.54, 1.807) is 0 Å². The molecule has 4 heteroatoms. The largest absolute Gasteiger partial charge is 0.335 e. The van der Waals surface area contributed by atoms with Gasteiger partial charge in [-0.2, -0.15) is 0 Å². The van der Waals surface area contributed by atoms with Crippen LogP contribution in [0.15, 0.2) is 60.7 Å². The average molecular weight is 337 g/mol. The number of carbonyl (C=O) groups is 1. The molecule has 25 heavy (non-hydrogen) atoms. The van der Waals surface area contributed by atoms with Gasteiger partial charge in [0.2, 0.25) is 0 Å². The number of piperidine rings is 1. The second kappa shape index (κ2) is 8.67. The summed E-state index contributed by atoms with van der Waals surface area (Å²) in [7, 11) is 0. The standard InChI is InChI=1S/C21H27N3O/c1-17(19-10-6-3-7-11-19)22-21(25)23-20-12-14-24(15-13-20)16-18-8-4-2-5-9-18/h2-11,17,20H,12-16H2,1H3,(H2,22,23,25). The van der Waals surface area contributed by atoms with Gasteiger partial charge in [0.1, 0.15) is 0 Å². The van der Waals surface area contributed by atoms with Crippen LogP contribution in [0, 0.1) is 0 Å². The topological polar surface area (TPSA) is 44.4 Å². The van der Waals surface area contributed by atoms with E-state index in [4.69, 9.17) is 0 Å². The van der Waals surface area contributed by atoms with Crippen LogP contribution in [0.2, 0.25) is 0 Å². The van der Waals surface area contributed by atoms with Gasteiger partial charge >= 0.3 is 6.03 Å². The van der Waals surface area contributed by atoms with E-state index in [0.717, 1.165) is 38.0 Å². The first-order valence-corrected chi connectivity index (χ1v) is 9.09. The van der Waals surface area contributed by atoms with Crippen LogP contribution in [0.4, 0.5) is 4.79 Å². The maximum atomic E-state index is 12.2. The fourth-order valence-electron chi connectivity index (χ4n) is 3.33. The predicted octanol–water partition coefficient (Wildman–Crippen LogP) is 3.71. The van der Waals surface area contributed by atoms with E-state index < -0.39 is 0 Å². The molecule has 1 aliphatic rings. The van der Waals surface area contributed by atoms with Crippen LogP contribution in [-0.4, -0.2) is 30.1 Å². The number of urea groups is 1. The zero-order valence-corrected chi connectivity index (χ0v) is 14.8. The first-order valence-electron chi connectivity index (χ1n) is 9.09. The smallest absolute Gasteiger partial charge is 0.315 e. The number of nitrogens with one attached hydrogen (secondary N) is 2. The molecule has 0 saturated carbocycles. The van der Waals surface area contributed by atoms with Crippen LogP contribution in [-0.2, 0) is 6.54 Å². The number of carbonyl (C=O) groups excluding carboxylic acids is 1. The highest BCUT2D eigenvalue weighted by molar-refractivity contribution is 5.74. The molecule has 2 aromatic carbocycles. The Kier molecular flexibility index (Phi) is 6.07. The molecule has 2 N–H and O–H groups in total. The van der Waals surface area contributed by atoms with Crippen LogP contribution in [0.1, 0.15) is 36.9 Å². The Balaban J connectivity index is 1.40. The number of amides is 2. The van der Waals surface area contributed by atoms with E-state index in [0.29, 0.717) is 0 Å². The summed E-state index contributed by atoms with van der Waals surface area (Å²) in [5.41, 5.74) is 2.47. The normalized spacial score (nSPS) is 17.0. The van der Waals surface area contributed by atoms with Gasteiger partial charge < -0.3 is 10.6 Å². The summed E-state index contributed by atoms with van der Waals surface area (Å²) in [6, 6.07) is 20.8. The van der Waals surface area contributed by atoms with Gasteiger partial charge in [-0.25, -0.2) is 4.79 Å². The monoisotopic (exact) mass is 337 g/mol. The molecule has 1 heterocycles. The summed E-state index contributed by atoms with van der Waals surface area (Å²) in [6.07, 6.45) is 2.00. The van der Waals surface area contributed by atoms with Crippen molar-refractivity contribution in [2.45, 2.75) is 38.4 Å². The van der Waals surface area contributed by atoms with Crippen LogP contribution in [0.5, 0.6) is 0 Å². The van der Waals surface area contributed by atoms with Gasteiger partial charge in [0.25, 0.3) is 0 Å². The highest BCUT2D eigenvalue weighted by atomic mass is 16.2. The molecular formula is C21H27N3O. The zero-order valence-electron chi connectivity index (χ0n) is 14.8. The number of hydrogen-bond acceptors (Lipinski definition) is 2.